The van der Waals surface area contributed by atoms with E-state index in [1.54, 1.807) is 12.7 Å². The second kappa shape index (κ2) is 7.15. The molecule has 7 heteroatoms. The van der Waals surface area contributed by atoms with E-state index in [1.165, 1.54) is 0 Å². The molecule has 2 heterocycles. The topological polar surface area (TPSA) is 99.7 Å². The third kappa shape index (κ3) is 3.35. The highest BCUT2D eigenvalue weighted by atomic mass is 16.4. The van der Waals surface area contributed by atoms with Crippen LogP contribution in [0.25, 0.3) is 0 Å². The van der Waals surface area contributed by atoms with Crippen LogP contribution in [0.3, 0.4) is 0 Å². The Kier molecular flexibility index (Phi) is 4.70. The zero-order valence-electron chi connectivity index (χ0n) is 15.1. The van der Waals surface area contributed by atoms with Gasteiger partial charge in [0.05, 0.1) is 24.6 Å². The van der Waals surface area contributed by atoms with Gasteiger partial charge in [-0.15, -0.1) is 0 Å². The maximum atomic E-state index is 12.0. The number of aromatic nitrogens is 2. The Balaban J connectivity index is 1.38. The van der Waals surface area contributed by atoms with E-state index in [4.69, 9.17) is 0 Å². The molecule has 0 spiro atoms. The largest absolute Gasteiger partial charge is 0.481 e. The number of fused-ring (bicyclic) bond motifs is 2. The van der Waals surface area contributed by atoms with Crippen molar-refractivity contribution in [3.05, 3.63) is 47.4 Å². The summed E-state index contributed by atoms with van der Waals surface area (Å²) in [4.78, 5) is 20.4. The van der Waals surface area contributed by atoms with Gasteiger partial charge >= 0.3 is 5.97 Å². The number of aliphatic hydroxyl groups is 1. The number of aliphatic imine (C=N–C) groups is 1. The normalized spacial score (nSPS) is 19.8. The van der Waals surface area contributed by atoms with E-state index in [2.05, 4.69) is 15.3 Å². The molecule has 0 fully saturated rings. The molecule has 3 N–H and O–H groups in total. The van der Waals surface area contributed by atoms with Crippen molar-refractivity contribution in [3.8, 4) is 0 Å². The molecule has 1 aromatic carbocycles. The van der Waals surface area contributed by atoms with Crippen LogP contribution in [-0.2, 0) is 24.2 Å². The molecule has 0 radical (unpaired) electrons. The Hall–Kier alpha value is -2.67. The molecule has 0 saturated heterocycles. The van der Waals surface area contributed by atoms with Crippen molar-refractivity contribution in [3.63, 3.8) is 0 Å². The molecule has 142 valence electrons. The zero-order chi connectivity index (χ0) is 18.9. The Morgan fingerprint density at radius 1 is 1.26 bits per heavy atom. The second-order valence-electron chi connectivity index (χ2n) is 7.49. The minimum atomic E-state index is -0.698. The molecule has 1 unspecified atom stereocenters. The highest BCUT2D eigenvalue weighted by Crippen LogP contribution is 2.41. The van der Waals surface area contributed by atoms with Crippen LogP contribution in [0.5, 0.6) is 0 Å². The number of aliphatic carboxylic acids is 1. The van der Waals surface area contributed by atoms with Gasteiger partial charge in [0.2, 0.25) is 0 Å². The Morgan fingerprint density at radius 3 is 2.70 bits per heavy atom. The summed E-state index contributed by atoms with van der Waals surface area (Å²) in [7, 11) is 0. The van der Waals surface area contributed by atoms with E-state index in [-0.39, 0.29) is 0 Å². The Morgan fingerprint density at radius 2 is 2.00 bits per heavy atom. The number of carboxylic acids is 1. The lowest BCUT2D eigenvalue weighted by Gasteiger charge is -2.23. The van der Waals surface area contributed by atoms with Gasteiger partial charge in [-0.25, -0.2) is 4.98 Å². The van der Waals surface area contributed by atoms with Crippen LogP contribution in [-0.4, -0.2) is 38.6 Å². The summed E-state index contributed by atoms with van der Waals surface area (Å²) in [6.45, 7) is 1.03. The van der Waals surface area contributed by atoms with Gasteiger partial charge in [0, 0.05) is 6.54 Å². The average Bonchev–Trinajstić information content (AvgIpc) is 3.19. The van der Waals surface area contributed by atoms with Gasteiger partial charge in [-0.2, -0.15) is 0 Å². The van der Waals surface area contributed by atoms with Gasteiger partial charge in [0.15, 0.2) is 0 Å². The number of rotatable bonds is 6. The summed E-state index contributed by atoms with van der Waals surface area (Å²) in [5, 5.41) is 23.0. The van der Waals surface area contributed by atoms with E-state index in [9.17, 15) is 15.0 Å². The molecule has 7 nitrogen and oxygen atoms in total. The molecular formula is C20H24N4O3. The molecule has 1 aliphatic carbocycles. The van der Waals surface area contributed by atoms with E-state index in [0.29, 0.717) is 31.5 Å². The highest BCUT2D eigenvalue weighted by molar-refractivity contribution is 5.77. The Labute approximate surface area is 157 Å². The SMILES string of the molecule is O=C(O)C1(CCCCn2cnc3c2NC=NCC3O)Cc2ccccc2C1. The zero-order valence-corrected chi connectivity index (χ0v) is 15.1. The first-order valence-corrected chi connectivity index (χ1v) is 9.37. The van der Waals surface area contributed by atoms with E-state index in [0.717, 1.165) is 36.3 Å². The molecule has 27 heavy (non-hydrogen) atoms. The van der Waals surface area contributed by atoms with Crippen molar-refractivity contribution in [2.75, 3.05) is 11.9 Å². The number of carboxylic acid groups (broad SMARTS) is 1. The predicted molar refractivity (Wildman–Crippen MR) is 102 cm³/mol. The van der Waals surface area contributed by atoms with Gasteiger partial charge < -0.3 is 20.1 Å². The minimum Gasteiger partial charge on any atom is -0.481 e. The van der Waals surface area contributed by atoms with Crippen molar-refractivity contribution in [2.45, 2.75) is 44.8 Å². The van der Waals surface area contributed by atoms with Gasteiger partial charge in [-0.1, -0.05) is 30.7 Å². The van der Waals surface area contributed by atoms with Crippen molar-refractivity contribution in [2.24, 2.45) is 10.4 Å². The minimum absolute atomic E-state index is 0.304. The maximum Gasteiger partial charge on any atom is 0.310 e. The Bertz CT molecular complexity index is 849. The van der Waals surface area contributed by atoms with Crippen LogP contribution in [0.4, 0.5) is 5.82 Å². The quantitative estimate of drug-likeness (QED) is 0.680. The van der Waals surface area contributed by atoms with E-state index < -0.39 is 17.5 Å². The smallest absolute Gasteiger partial charge is 0.310 e. The van der Waals surface area contributed by atoms with Crippen LogP contribution in [0.2, 0.25) is 0 Å². The molecule has 4 rings (SSSR count). The molecule has 0 bridgehead atoms. The first kappa shape index (κ1) is 17.7. The summed E-state index contributed by atoms with van der Waals surface area (Å²) < 4.78 is 1.97. The number of nitrogens with one attached hydrogen (secondary N) is 1. The fourth-order valence-electron chi connectivity index (χ4n) is 4.19. The van der Waals surface area contributed by atoms with E-state index in [1.807, 2.05) is 28.8 Å². The van der Waals surface area contributed by atoms with E-state index >= 15 is 0 Å². The number of aryl methyl sites for hydroxylation is 1. The molecular weight excluding hydrogens is 344 g/mol. The first-order valence-electron chi connectivity index (χ1n) is 9.37. The molecule has 1 atom stereocenters. The fraction of sp³-hybridized carbons (Fsp3) is 0.450. The molecule has 1 aromatic heterocycles. The highest BCUT2D eigenvalue weighted by Gasteiger charge is 2.43. The maximum absolute atomic E-state index is 12.0. The second-order valence-corrected chi connectivity index (χ2v) is 7.49. The molecule has 1 aliphatic heterocycles. The van der Waals surface area contributed by atoms with Gasteiger partial charge in [0.1, 0.15) is 17.6 Å². The van der Waals surface area contributed by atoms with Crippen molar-refractivity contribution >= 4 is 18.1 Å². The van der Waals surface area contributed by atoms with Gasteiger partial charge in [0.25, 0.3) is 0 Å². The van der Waals surface area contributed by atoms with Crippen LogP contribution < -0.4 is 5.32 Å². The number of hydrogen-bond acceptors (Lipinski definition) is 5. The molecule has 2 aliphatic rings. The molecule has 0 amide bonds. The lowest BCUT2D eigenvalue weighted by atomic mass is 9.80. The van der Waals surface area contributed by atoms with Crippen LogP contribution in [0, 0.1) is 5.41 Å². The number of anilines is 1. The van der Waals surface area contributed by atoms with Gasteiger partial charge in [-0.3, -0.25) is 9.79 Å². The molecule has 2 aromatic rings. The summed E-state index contributed by atoms with van der Waals surface area (Å²) in [5.41, 5.74) is 2.26. The number of carbonyl (C=O) groups is 1. The summed E-state index contributed by atoms with van der Waals surface area (Å²) in [6.07, 6.45) is 6.17. The monoisotopic (exact) mass is 368 g/mol. The number of imidazole rings is 1. The lowest BCUT2D eigenvalue weighted by molar-refractivity contribution is -0.149. The van der Waals surface area contributed by atoms with Crippen molar-refractivity contribution < 1.29 is 15.0 Å². The standard InChI is InChI=1S/C20H24N4O3/c25-16-11-21-12-22-18-17(16)23-13-24(18)8-4-3-7-20(19(26)27)9-14-5-1-2-6-15(14)10-20/h1-2,5-6,12-13,16,25H,3-4,7-11H2,(H,21,22)(H,26,27). The summed E-state index contributed by atoms with van der Waals surface area (Å²) >= 11 is 0. The molecule has 0 saturated carbocycles. The first-order chi connectivity index (χ1) is 13.1. The van der Waals surface area contributed by atoms with Crippen molar-refractivity contribution in [1.29, 1.82) is 0 Å². The van der Waals surface area contributed by atoms with Crippen molar-refractivity contribution in [1.82, 2.24) is 9.55 Å². The predicted octanol–water partition coefficient (Wildman–Crippen LogP) is 2.41. The third-order valence-corrected chi connectivity index (χ3v) is 5.69. The number of benzene rings is 1. The fourth-order valence-corrected chi connectivity index (χ4v) is 4.19. The third-order valence-electron chi connectivity index (χ3n) is 5.69. The summed E-state index contributed by atoms with van der Waals surface area (Å²) in [5.74, 6) is 0.0705. The average molecular weight is 368 g/mol. The van der Waals surface area contributed by atoms with Crippen LogP contribution in [0.15, 0.2) is 35.6 Å². The number of nitrogens with zero attached hydrogens (tertiary/aromatic N) is 3. The lowest BCUT2D eigenvalue weighted by Crippen LogP contribution is -2.31. The number of hydrogen-bond donors (Lipinski definition) is 3. The summed E-state index contributed by atoms with van der Waals surface area (Å²) in [6, 6.07) is 8.04. The number of unbranched alkanes of at least 4 members (excludes halogenated alkanes) is 1. The van der Waals surface area contributed by atoms with Crippen LogP contribution in [0.1, 0.15) is 42.2 Å². The number of aliphatic hydroxyl groups excluding tert-OH is 1. The van der Waals surface area contributed by atoms with Gasteiger partial charge in [-0.05, 0) is 36.8 Å². The van der Waals surface area contributed by atoms with Crippen LogP contribution >= 0.6 is 0 Å².